The second kappa shape index (κ2) is 6.34. The van der Waals surface area contributed by atoms with Gasteiger partial charge in [0.15, 0.2) is 0 Å². The number of hydrogen-bond donors (Lipinski definition) is 1. The van der Waals surface area contributed by atoms with Crippen molar-refractivity contribution < 1.29 is 14.3 Å². The summed E-state index contributed by atoms with van der Waals surface area (Å²) in [5, 5.41) is 3.47. The molecule has 0 aliphatic carbocycles. The Morgan fingerprint density at radius 2 is 2.06 bits per heavy atom. The maximum absolute atomic E-state index is 11.4. The molecule has 0 aliphatic heterocycles. The Balaban J connectivity index is 2.45. The van der Waals surface area contributed by atoms with E-state index in [9.17, 15) is 9.59 Å². The first-order valence-corrected chi connectivity index (χ1v) is 4.79. The number of benzene rings is 1. The largest absolute Gasteiger partial charge is 0.462 e. The third-order valence-corrected chi connectivity index (χ3v) is 1.66. The molecule has 5 nitrogen and oxygen atoms in total. The zero-order valence-corrected chi connectivity index (χ0v) is 8.84. The molecule has 1 N–H and O–H groups in total. The van der Waals surface area contributed by atoms with Crippen LogP contribution in [0.25, 0.3) is 0 Å². The Morgan fingerprint density at radius 3 is 2.69 bits per heavy atom. The van der Waals surface area contributed by atoms with Gasteiger partial charge in [0.2, 0.25) is 0 Å². The minimum Gasteiger partial charge on any atom is -0.462 e. The molecule has 0 heterocycles. The van der Waals surface area contributed by atoms with Crippen LogP contribution < -0.4 is 5.43 Å². The Labute approximate surface area is 93.1 Å². The number of carbonyl (C=O) groups is 2. The van der Waals surface area contributed by atoms with Crippen molar-refractivity contribution in [1.29, 1.82) is 0 Å². The summed E-state index contributed by atoms with van der Waals surface area (Å²) in [5.41, 5.74) is 2.69. The number of ether oxygens (including phenoxy) is 1. The van der Waals surface area contributed by atoms with E-state index in [1.165, 1.54) is 0 Å². The van der Waals surface area contributed by atoms with Crippen LogP contribution in [0.5, 0.6) is 0 Å². The smallest absolute Gasteiger partial charge is 0.351 e. The zero-order chi connectivity index (χ0) is 11.8. The lowest BCUT2D eigenvalue weighted by atomic mass is 10.2. The lowest BCUT2D eigenvalue weighted by molar-refractivity contribution is -0.134. The quantitative estimate of drug-likeness (QED) is 0.467. The van der Waals surface area contributed by atoms with Gasteiger partial charge < -0.3 is 4.74 Å². The third-order valence-electron chi connectivity index (χ3n) is 1.66. The van der Waals surface area contributed by atoms with Crippen molar-refractivity contribution in [3.8, 4) is 0 Å². The molecule has 0 unspecified atom stereocenters. The number of esters is 1. The standard InChI is InChI=1S/C11H12N2O3/c1-2-16-10(14)8-12-13-11(15)9-6-4-3-5-7-9/h3-8H,2H2,1H3,(H,13,15)/b12-8+. The van der Waals surface area contributed by atoms with E-state index in [0.29, 0.717) is 5.56 Å². The molecule has 0 radical (unpaired) electrons. The third kappa shape index (κ3) is 3.91. The Kier molecular flexibility index (Phi) is 4.72. The van der Waals surface area contributed by atoms with E-state index < -0.39 is 5.97 Å². The Bertz CT molecular complexity index is 387. The number of nitrogens with one attached hydrogen (secondary N) is 1. The van der Waals surface area contributed by atoms with Crippen LogP contribution in [-0.2, 0) is 9.53 Å². The molecular formula is C11H12N2O3. The molecule has 0 fully saturated rings. The first-order chi connectivity index (χ1) is 7.74. The summed E-state index contributed by atoms with van der Waals surface area (Å²) in [5.74, 6) is -0.961. The molecule has 0 aromatic heterocycles. The van der Waals surface area contributed by atoms with E-state index in [1.54, 1.807) is 37.3 Å². The van der Waals surface area contributed by atoms with Gasteiger partial charge in [-0.2, -0.15) is 5.10 Å². The van der Waals surface area contributed by atoms with Gasteiger partial charge in [-0.25, -0.2) is 10.2 Å². The van der Waals surface area contributed by atoms with Gasteiger partial charge in [-0.3, -0.25) is 4.79 Å². The first-order valence-electron chi connectivity index (χ1n) is 4.79. The van der Waals surface area contributed by atoms with Gasteiger partial charge in [0, 0.05) is 5.56 Å². The van der Waals surface area contributed by atoms with Crippen LogP contribution in [0.4, 0.5) is 0 Å². The molecule has 0 saturated carbocycles. The molecule has 1 rings (SSSR count). The maximum atomic E-state index is 11.4. The fourth-order valence-electron chi connectivity index (χ4n) is 0.977. The van der Waals surface area contributed by atoms with E-state index >= 15 is 0 Å². The van der Waals surface area contributed by atoms with Gasteiger partial charge in [0.25, 0.3) is 5.91 Å². The highest BCUT2D eigenvalue weighted by Gasteiger charge is 2.02. The summed E-state index contributed by atoms with van der Waals surface area (Å²) in [6.07, 6.45) is 0.921. The minimum atomic E-state index is -0.587. The van der Waals surface area contributed by atoms with Crippen molar-refractivity contribution in [3.63, 3.8) is 0 Å². The van der Waals surface area contributed by atoms with Gasteiger partial charge >= 0.3 is 5.97 Å². The zero-order valence-electron chi connectivity index (χ0n) is 8.84. The van der Waals surface area contributed by atoms with Gasteiger partial charge in [-0.05, 0) is 19.1 Å². The monoisotopic (exact) mass is 220 g/mol. The van der Waals surface area contributed by atoms with Crippen LogP contribution in [0, 0.1) is 0 Å². The number of hydrazone groups is 1. The van der Waals surface area contributed by atoms with Crippen LogP contribution in [0.2, 0.25) is 0 Å². The highest BCUT2D eigenvalue weighted by Crippen LogP contribution is 1.97. The summed E-state index contributed by atoms with van der Waals surface area (Å²) >= 11 is 0. The molecule has 1 amide bonds. The number of nitrogens with zero attached hydrogens (tertiary/aromatic N) is 1. The van der Waals surface area contributed by atoms with Gasteiger partial charge in [-0.1, -0.05) is 18.2 Å². The number of hydrogen-bond acceptors (Lipinski definition) is 4. The molecule has 16 heavy (non-hydrogen) atoms. The highest BCUT2D eigenvalue weighted by molar-refractivity contribution is 6.23. The molecule has 0 atom stereocenters. The topological polar surface area (TPSA) is 67.8 Å². The molecule has 0 spiro atoms. The summed E-state index contributed by atoms with van der Waals surface area (Å²) in [6, 6.07) is 8.58. The van der Waals surface area contributed by atoms with Crippen molar-refractivity contribution in [2.24, 2.45) is 5.10 Å². The summed E-state index contributed by atoms with van der Waals surface area (Å²) < 4.78 is 4.59. The van der Waals surface area contributed by atoms with Crippen molar-refractivity contribution in [2.45, 2.75) is 6.92 Å². The molecule has 84 valence electrons. The molecule has 0 bridgehead atoms. The summed E-state index contributed by atoms with van der Waals surface area (Å²) in [6.45, 7) is 1.96. The van der Waals surface area contributed by atoms with Gasteiger partial charge in [-0.15, -0.1) is 0 Å². The van der Waals surface area contributed by atoms with Crippen LogP contribution in [0.1, 0.15) is 17.3 Å². The SMILES string of the molecule is CCOC(=O)/C=N/NC(=O)c1ccccc1. The molecule has 1 aromatic carbocycles. The number of carbonyl (C=O) groups excluding carboxylic acids is 2. The normalized spacial score (nSPS) is 10.1. The second-order valence-corrected chi connectivity index (χ2v) is 2.82. The second-order valence-electron chi connectivity index (χ2n) is 2.82. The Morgan fingerprint density at radius 1 is 1.38 bits per heavy atom. The van der Waals surface area contributed by atoms with E-state index in [4.69, 9.17) is 0 Å². The van der Waals surface area contributed by atoms with E-state index in [2.05, 4.69) is 15.3 Å². The van der Waals surface area contributed by atoms with Crippen LogP contribution in [0.15, 0.2) is 35.4 Å². The van der Waals surface area contributed by atoms with Gasteiger partial charge in [0.05, 0.1) is 6.61 Å². The molecular weight excluding hydrogens is 208 g/mol. The predicted octanol–water partition coefficient (Wildman–Crippen LogP) is 0.965. The van der Waals surface area contributed by atoms with Crippen LogP contribution in [0.3, 0.4) is 0 Å². The molecule has 0 saturated heterocycles. The number of amides is 1. The molecule has 5 heteroatoms. The van der Waals surface area contributed by atoms with Crippen LogP contribution in [-0.4, -0.2) is 24.7 Å². The van der Waals surface area contributed by atoms with E-state index in [-0.39, 0.29) is 12.5 Å². The van der Waals surface area contributed by atoms with Crippen molar-refractivity contribution in [2.75, 3.05) is 6.61 Å². The Hall–Kier alpha value is -2.17. The maximum Gasteiger partial charge on any atom is 0.351 e. The molecule has 1 aromatic rings. The van der Waals surface area contributed by atoms with Crippen molar-refractivity contribution in [3.05, 3.63) is 35.9 Å². The lowest BCUT2D eigenvalue weighted by Crippen LogP contribution is -2.19. The van der Waals surface area contributed by atoms with Crippen molar-refractivity contribution >= 4 is 18.1 Å². The lowest BCUT2D eigenvalue weighted by Gasteiger charge is -1.98. The van der Waals surface area contributed by atoms with E-state index in [1.807, 2.05) is 0 Å². The minimum absolute atomic E-state index is 0.275. The highest BCUT2D eigenvalue weighted by atomic mass is 16.5. The van der Waals surface area contributed by atoms with Crippen molar-refractivity contribution in [1.82, 2.24) is 5.43 Å². The molecule has 0 aliphatic rings. The summed E-state index contributed by atoms with van der Waals surface area (Å²) in [4.78, 5) is 22.2. The van der Waals surface area contributed by atoms with Crippen LogP contribution >= 0.6 is 0 Å². The summed E-state index contributed by atoms with van der Waals surface area (Å²) in [7, 11) is 0. The fourth-order valence-corrected chi connectivity index (χ4v) is 0.977. The average molecular weight is 220 g/mol. The first kappa shape index (κ1) is 11.9. The fraction of sp³-hybridized carbons (Fsp3) is 0.182. The average Bonchev–Trinajstić information content (AvgIpc) is 2.30. The number of rotatable bonds is 4. The predicted molar refractivity (Wildman–Crippen MR) is 59.0 cm³/mol. The van der Waals surface area contributed by atoms with E-state index in [0.717, 1.165) is 6.21 Å². The van der Waals surface area contributed by atoms with Gasteiger partial charge in [0.1, 0.15) is 6.21 Å².